The molecule has 0 saturated heterocycles. The molecule has 106 valence electrons. The quantitative estimate of drug-likeness (QED) is 0.842. The van der Waals surface area contributed by atoms with Gasteiger partial charge in [0, 0.05) is 22.9 Å². The summed E-state index contributed by atoms with van der Waals surface area (Å²) in [5.74, 6) is 0.977. The molecule has 1 aromatic heterocycles. The first-order valence-electron chi connectivity index (χ1n) is 7.54. The van der Waals surface area contributed by atoms with Crippen molar-refractivity contribution in [3.8, 4) is 0 Å². The van der Waals surface area contributed by atoms with Crippen LogP contribution in [0.1, 0.15) is 50.5 Å². The van der Waals surface area contributed by atoms with Crippen LogP contribution in [-0.2, 0) is 6.42 Å². The van der Waals surface area contributed by atoms with E-state index in [1.165, 1.54) is 50.5 Å². The molecule has 1 heterocycles. The van der Waals surface area contributed by atoms with Crippen LogP contribution in [0, 0.1) is 5.92 Å². The summed E-state index contributed by atoms with van der Waals surface area (Å²) < 4.78 is 1.08. The molecule has 0 radical (unpaired) electrons. The maximum Gasteiger partial charge on any atom is 0.0410 e. The van der Waals surface area contributed by atoms with Crippen LogP contribution < -0.4 is 5.32 Å². The normalized spacial score (nSPS) is 18.4. The van der Waals surface area contributed by atoms with Crippen molar-refractivity contribution in [1.82, 2.24) is 10.3 Å². The fraction of sp³-hybridized carbons (Fsp3) is 0.688. The van der Waals surface area contributed by atoms with E-state index in [4.69, 9.17) is 0 Å². The zero-order valence-corrected chi connectivity index (χ0v) is 13.5. The van der Waals surface area contributed by atoms with E-state index in [2.05, 4.69) is 39.3 Å². The van der Waals surface area contributed by atoms with E-state index in [9.17, 15) is 0 Å². The van der Waals surface area contributed by atoms with Crippen molar-refractivity contribution in [2.24, 2.45) is 5.92 Å². The van der Waals surface area contributed by atoms with Crippen molar-refractivity contribution in [3.63, 3.8) is 0 Å². The van der Waals surface area contributed by atoms with Gasteiger partial charge in [0.2, 0.25) is 0 Å². The molecule has 0 aliphatic heterocycles. The van der Waals surface area contributed by atoms with Crippen LogP contribution in [0.2, 0.25) is 0 Å². The van der Waals surface area contributed by atoms with Gasteiger partial charge in [0.1, 0.15) is 0 Å². The molecule has 0 spiro atoms. The lowest BCUT2D eigenvalue weighted by Crippen LogP contribution is -2.28. The lowest BCUT2D eigenvalue weighted by atomic mass is 9.84. The van der Waals surface area contributed by atoms with Crippen molar-refractivity contribution in [3.05, 3.63) is 28.5 Å². The Morgan fingerprint density at radius 1 is 1.32 bits per heavy atom. The predicted molar refractivity (Wildman–Crippen MR) is 84.3 cm³/mol. The SMILES string of the molecule is CNC(CCC1CCCCC1)Cc1cncc(Br)c1. The smallest absolute Gasteiger partial charge is 0.0410 e. The third kappa shape index (κ3) is 5.23. The van der Waals surface area contributed by atoms with Crippen molar-refractivity contribution < 1.29 is 0 Å². The molecule has 0 amide bonds. The standard InChI is InChI=1S/C16H25BrN2/c1-18-16(8-7-13-5-3-2-4-6-13)10-14-9-15(17)12-19-11-14/h9,11-13,16,18H,2-8,10H2,1H3. The molecule has 1 unspecified atom stereocenters. The second-order valence-electron chi connectivity index (χ2n) is 5.78. The molecule has 1 aliphatic rings. The van der Waals surface area contributed by atoms with Crippen LogP contribution in [0.5, 0.6) is 0 Å². The van der Waals surface area contributed by atoms with E-state index in [0.717, 1.165) is 16.8 Å². The van der Waals surface area contributed by atoms with E-state index in [1.54, 1.807) is 0 Å². The molecule has 1 aliphatic carbocycles. The van der Waals surface area contributed by atoms with E-state index in [1.807, 2.05) is 12.4 Å². The number of rotatable bonds is 6. The second kappa shape index (κ2) is 8.01. The zero-order valence-electron chi connectivity index (χ0n) is 11.9. The van der Waals surface area contributed by atoms with Crippen LogP contribution in [-0.4, -0.2) is 18.1 Å². The summed E-state index contributed by atoms with van der Waals surface area (Å²) in [6, 6.07) is 2.76. The molecule has 1 saturated carbocycles. The van der Waals surface area contributed by atoms with Gasteiger partial charge in [0.25, 0.3) is 0 Å². The Morgan fingerprint density at radius 3 is 2.79 bits per heavy atom. The number of nitrogens with one attached hydrogen (secondary N) is 1. The molecule has 1 N–H and O–H groups in total. The van der Waals surface area contributed by atoms with Gasteiger partial charge in [0.15, 0.2) is 0 Å². The minimum atomic E-state index is 0.582. The second-order valence-corrected chi connectivity index (χ2v) is 6.70. The first-order chi connectivity index (χ1) is 9.28. The van der Waals surface area contributed by atoms with Crippen LogP contribution in [0.3, 0.4) is 0 Å². The molecule has 2 rings (SSSR count). The topological polar surface area (TPSA) is 24.9 Å². The number of likely N-dealkylation sites (N-methyl/N-ethyl adjacent to an activating group) is 1. The lowest BCUT2D eigenvalue weighted by Gasteiger charge is -2.24. The van der Waals surface area contributed by atoms with Crippen molar-refractivity contribution in [2.45, 2.75) is 57.4 Å². The number of aromatic nitrogens is 1. The van der Waals surface area contributed by atoms with Gasteiger partial charge in [-0.25, -0.2) is 0 Å². The van der Waals surface area contributed by atoms with Gasteiger partial charge in [-0.15, -0.1) is 0 Å². The highest BCUT2D eigenvalue weighted by atomic mass is 79.9. The number of halogens is 1. The zero-order chi connectivity index (χ0) is 13.5. The summed E-state index contributed by atoms with van der Waals surface area (Å²) in [6.07, 6.45) is 14.8. The molecule has 2 nitrogen and oxygen atoms in total. The van der Waals surface area contributed by atoms with Gasteiger partial charge in [-0.2, -0.15) is 0 Å². The van der Waals surface area contributed by atoms with Gasteiger partial charge in [-0.3, -0.25) is 4.98 Å². The molecule has 1 aromatic rings. The molecule has 1 fully saturated rings. The largest absolute Gasteiger partial charge is 0.317 e. The third-order valence-electron chi connectivity index (χ3n) is 4.30. The number of hydrogen-bond donors (Lipinski definition) is 1. The minimum Gasteiger partial charge on any atom is -0.317 e. The van der Waals surface area contributed by atoms with Crippen LogP contribution >= 0.6 is 15.9 Å². The van der Waals surface area contributed by atoms with Crippen molar-refractivity contribution in [2.75, 3.05) is 7.05 Å². The first-order valence-corrected chi connectivity index (χ1v) is 8.34. The van der Waals surface area contributed by atoms with Gasteiger partial charge >= 0.3 is 0 Å². The summed E-state index contributed by atoms with van der Waals surface area (Å²) in [6.45, 7) is 0. The number of hydrogen-bond acceptors (Lipinski definition) is 2. The van der Waals surface area contributed by atoms with Gasteiger partial charge < -0.3 is 5.32 Å². The van der Waals surface area contributed by atoms with E-state index >= 15 is 0 Å². The summed E-state index contributed by atoms with van der Waals surface area (Å²) in [4.78, 5) is 4.25. The summed E-state index contributed by atoms with van der Waals surface area (Å²) in [5, 5.41) is 3.47. The summed E-state index contributed by atoms with van der Waals surface area (Å²) >= 11 is 3.49. The average Bonchev–Trinajstić information content (AvgIpc) is 2.44. The maximum atomic E-state index is 4.25. The molecule has 3 heteroatoms. The van der Waals surface area contributed by atoms with Gasteiger partial charge in [-0.1, -0.05) is 32.1 Å². The Labute approximate surface area is 125 Å². The first kappa shape index (κ1) is 15.0. The highest BCUT2D eigenvalue weighted by Gasteiger charge is 2.16. The fourth-order valence-electron chi connectivity index (χ4n) is 3.11. The molecular weight excluding hydrogens is 300 g/mol. The lowest BCUT2D eigenvalue weighted by molar-refractivity contribution is 0.315. The Kier molecular flexibility index (Phi) is 6.32. The van der Waals surface area contributed by atoms with Crippen molar-refractivity contribution >= 4 is 15.9 Å². The average molecular weight is 325 g/mol. The highest BCUT2D eigenvalue weighted by molar-refractivity contribution is 9.10. The molecule has 19 heavy (non-hydrogen) atoms. The predicted octanol–water partition coefficient (Wildman–Crippen LogP) is 4.34. The van der Waals surface area contributed by atoms with Crippen LogP contribution in [0.4, 0.5) is 0 Å². The van der Waals surface area contributed by atoms with E-state index < -0.39 is 0 Å². The summed E-state index contributed by atoms with van der Waals surface area (Å²) in [5.41, 5.74) is 1.32. The van der Waals surface area contributed by atoms with E-state index in [0.29, 0.717) is 6.04 Å². The monoisotopic (exact) mass is 324 g/mol. The van der Waals surface area contributed by atoms with Gasteiger partial charge in [0.05, 0.1) is 0 Å². The van der Waals surface area contributed by atoms with E-state index in [-0.39, 0.29) is 0 Å². The summed E-state index contributed by atoms with van der Waals surface area (Å²) in [7, 11) is 2.08. The number of nitrogens with zero attached hydrogens (tertiary/aromatic N) is 1. The van der Waals surface area contributed by atoms with Crippen LogP contribution in [0.25, 0.3) is 0 Å². The number of pyridine rings is 1. The fourth-order valence-corrected chi connectivity index (χ4v) is 3.53. The molecule has 0 aromatic carbocycles. The molecule has 0 bridgehead atoms. The third-order valence-corrected chi connectivity index (χ3v) is 4.73. The minimum absolute atomic E-state index is 0.582. The molecule has 1 atom stereocenters. The van der Waals surface area contributed by atoms with Crippen molar-refractivity contribution in [1.29, 1.82) is 0 Å². The molecular formula is C16H25BrN2. The Hall–Kier alpha value is -0.410. The maximum absolute atomic E-state index is 4.25. The van der Waals surface area contributed by atoms with Crippen LogP contribution in [0.15, 0.2) is 22.9 Å². The Balaban J connectivity index is 1.79. The Morgan fingerprint density at radius 2 is 2.11 bits per heavy atom. The highest BCUT2D eigenvalue weighted by Crippen LogP contribution is 2.28. The Bertz CT molecular complexity index is 375. The van der Waals surface area contributed by atoms with Gasteiger partial charge in [-0.05, 0) is 59.8 Å².